The summed E-state index contributed by atoms with van der Waals surface area (Å²) in [4.78, 5) is 13.8. The van der Waals surface area contributed by atoms with Crippen LogP contribution < -0.4 is 5.32 Å². The van der Waals surface area contributed by atoms with E-state index in [0.717, 1.165) is 43.8 Å². The lowest BCUT2D eigenvalue weighted by molar-refractivity contribution is 0.0258. The van der Waals surface area contributed by atoms with E-state index in [2.05, 4.69) is 17.5 Å². The molecular formula is C18H32N2O2. The Morgan fingerprint density at radius 1 is 1.32 bits per heavy atom. The number of fused-ring (bicyclic) bond motifs is 2. The van der Waals surface area contributed by atoms with E-state index < -0.39 is 5.60 Å². The van der Waals surface area contributed by atoms with E-state index in [9.17, 15) is 4.79 Å². The van der Waals surface area contributed by atoms with E-state index in [1.54, 1.807) is 4.90 Å². The Bertz CT molecular complexity index is 400. The summed E-state index contributed by atoms with van der Waals surface area (Å²) in [6, 6.07) is 0. The Morgan fingerprint density at radius 3 is 2.64 bits per heavy atom. The van der Waals surface area contributed by atoms with Gasteiger partial charge in [-0.05, 0) is 77.8 Å². The van der Waals surface area contributed by atoms with Crippen molar-refractivity contribution in [2.75, 3.05) is 26.2 Å². The molecule has 0 aliphatic heterocycles. The highest BCUT2D eigenvalue weighted by atomic mass is 16.6. The molecule has 0 radical (unpaired) electrons. The predicted molar refractivity (Wildman–Crippen MR) is 89.8 cm³/mol. The molecule has 4 heteroatoms. The van der Waals surface area contributed by atoms with E-state index >= 15 is 0 Å². The van der Waals surface area contributed by atoms with Crippen molar-refractivity contribution < 1.29 is 9.53 Å². The first-order valence-electron chi connectivity index (χ1n) is 8.76. The van der Waals surface area contributed by atoms with Crippen LogP contribution in [-0.4, -0.2) is 42.8 Å². The molecule has 1 fully saturated rings. The third-order valence-corrected chi connectivity index (χ3v) is 4.64. The Balaban J connectivity index is 1.58. The van der Waals surface area contributed by atoms with Gasteiger partial charge in [-0.3, -0.25) is 0 Å². The number of hydrogen-bond donors (Lipinski definition) is 1. The quantitative estimate of drug-likeness (QED) is 0.578. The van der Waals surface area contributed by atoms with Gasteiger partial charge in [-0.15, -0.1) is 0 Å². The first-order valence-corrected chi connectivity index (χ1v) is 8.76. The molecule has 3 unspecified atom stereocenters. The molecule has 0 saturated heterocycles. The summed E-state index contributed by atoms with van der Waals surface area (Å²) in [6.07, 6.45) is 8.29. The maximum atomic E-state index is 12.0. The number of nitrogens with zero attached hydrogens (tertiary/aromatic N) is 1. The largest absolute Gasteiger partial charge is 0.444 e. The van der Waals surface area contributed by atoms with Gasteiger partial charge >= 0.3 is 6.09 Å². The lowest BCUT2D eigenvalue weighted by atomic mass is 9.94. The molecule has 1 saturated carbocycles. The van der Waals surface area contributed by atoms with Crippen molar-refractivity contribution in [1.29, 1.82) is 0 Å². The van der Waals surface area contributed by atoms with Gasteiger partial charge in [0.1, 0.15) is 5.60 Å². The number of allylic oxidation sites excluding steroid dienone is 2. The molecule has 2 aliphatic carbocycles. The molecule has 0 aromatic heterocycles. The monoisotopic (exact) mass is 308 g/mol. The molecule has 2 aliphatic rings. The molecule has 3 atom stereocenters. The fourth-order valence-corrected chi connectivity index (χ4v) is 3.52. The lowest BCUT2D eigenvalue weighted by Gasteiger charge is -2.26. The molecule has 2 rings (SSSR count). The highest BCUT2D eigenvalue weighted by Gasteiger charge is 2.34. The van der Waals surface area contributed by atoms with Crippen molar-refractivity contribution in [2.24, 2.45) is 17.8 Å². The Labute approximate surface area is 135 Å². The van der Waals surface area contributed by atoms with Gasteiger partial charge in [0.2, 0.25) is 0 Å². The van der Waals surface area contributed by atoms with Crippen molar-refractivity contribution in [1.82, 2.24) is 10.2 Å². The first kappa shape index (κ1) is 17.3. The summed E-state index contributed by atoms with van der Waals surface area (Å²) in [6.45, 7) is 11.3. The van der Waals surface area contributed by atoms with Crippen LogP contribution in [0, 0.1) is 17.8 Å². The summed E-state index contributed by atoms with van der Waals surface area (Å²) >= 11 is 0. The average Bonchev–Trinajstić information content (AvgIpc) is 3.03. The van der Waals surface area contributed by atoms with Gasteiger partial charge in [0.15, 0.2) is 0 Å². The van der Waals surface area contributed by atoms with Crippen LogP contribution in [0.15, 0.2) is 12.2 Å². The summed E-state index contributed by atoms with van der Waals surface area (Å²) in [5, 5.41) is 3.57. The smallest absolute Gasteiger partial charge is 0.410 e. The normalized spacial score (nSPS) is 26.5. The third kappa shape index (κ3) is 5.01. The maximum Gasteiger partial charge on any atom is 0.410 e. The molecule has 2 bridgehead atoms. The van der Waals surface area contributed by atoms with Gasteiger partial charge in [-0.1, -0.05) is 12.2 Å². The molecule has 22 heavy (non-hydrogen) atoms. The van der Waals surface area contributed by atoms with Crippen molar-refractivity contribution in [3.8, 4) is 0 Å². The van der Waals surface area contributed by atoms with Gasteiger partial charge < -0.3 is 15.0 Å². The predicted octanol–water partition coefficient (Wildman–Crippen LogP) is 3.44. The third-order valence-electron chi connectivity index (χ3n) is 4.64. The fraction of sp³-hybridized carbons (Fsp3) is 0.833. The summed E-state index contributed by atoms with van der Waals surface area (Å²) in [5.41, 5.74) is -0.419. The van der Waals surface area contributed by atoms with E-state index in [0.29, 0.717) is 6.54 Å². The van der Waals surface area contributed by atoms with Crippen molar-refractivity contribution >= 4 is 6.09 Å². The fourth-order valence-electron chi connectivity index (χ4n) is 3.52. The molecule has 126 valence electrons. The molecule has 0 heterocycles. The second-order valence-corrected chi connectivity index (χ2v) is 7.66. The molecular weight excluding hydrogens is 276 g/mol. The standard InChI is InChI=1S/C18H32N2O2/c1-5-20(17(21)22-18(2,3)4)10-6-9-19-13-16-12-14-7-8-15(16)11-14/h7-8,14-16,19H,5-6,9-13H2,1-4H3. The van der Waals surface area contributed by atoms with Crippen molar-refractivity contribution in [3.05, 3.63) is 12.2 Å². The van der Waals surface area contributed by atoms with Crippen LogP contribution in [0.4, 0.5) is 4.79 Å². The van der Waals surface area contributed by atoms with Gasteiger partial charge in [0.05, 0.1) is 0 Å². The Kier molecular flexibility index (Phi) is 5.90. The van der Waals surface area contributed by atoms with Crippen LogP contribution in [0.2, 0.25) is 0 Å². The molecule has 1 amide bonds. The van der Waals surface area contributed by atoms with Gasteiger partial charge in [-0.25, -0.2) is 4.79 Å². The molecule has 4 nitrogen and oxygen atoms in total. The van der Waals surface area contributed by atoms with Crippen LogP contribution in [0.5, 0.6) is 0 Å². The number of rotatable bonds is 7. The number of ether oxygens (including phenoxy) is 1. The van der Waals surface area contributed by atoms with E-state index in [4.69, 9.17) is 4.74 Å². The SMILES string of the molecule is CCN(CCCNCC1CC2C=CC1C2)C(=O)OC(C)(C)C. The average molecular weight is 308 g/mol. The number of carbonyl (C=O) groups excluding carboxylic acids is 1. The van der Waals surface area contributed by atoms with Crippen LogP contribution in [-0.2, 0) is 4.74 Å². The molecule has 0 aromatic rings. The maximum absolute atomic E-state index is 12.0. The Morgan fingerprint density at radius 2 is 2.09 bits per heavy atom. The zero-order chi connectivity index (χ0) is 16.2. The van der Waals surface area contributed by atoms with Crippen LogP contribution in [0.25, 0.3) is 0 Å². The minimum atomic E-state index is -0.419. The van der Waals surface area contributed by atoms with Crippen LogP contribution in [0.1, 0.15) is 47.0 Å². The molecule has 0 spiro atoms. The molecule has 0 aromatic carbocycles. The van der Waals surface area contributed by atoms with Crippen LogP contribution in [0.3, 0.4) is 0 Å². The highest BCUT2D eigenvalue weighted by Crippen LogP contribution is 2.42. The topological polar surface area (TPSA) is 41.6 Å². The van der Waals surface area contributed by atoms with E-state index in [1.165, 1.54) is 12.8 Å². The van der Waals surface area contributed by atoms with Crippen molar-refractivity contribution in [3.63, 3.8) is 0 Å². The minimum absolute atomic E-state index is 0.201. The van der Waals surface area contributed by atoms with Gasteiger partial charge in [-0.2, -0.15) is 0 Å². The summed E-state index contributed by atoms with van der Waals surface area (Å²) in [5.74, 6) is 2.48. The lowest BCUT2D eigenvalue weighted by Crippen LogP contribution is -2.38. The number of nitrogens with one attached hydrogen (secondary N) is 1. The highest BCUT2D eigenvalue weighted by molar-refractivity contribution is 5.68. The first-order chi connectivity index (χ1) is 10.4. The number of hydrogen-bond acceptors (Lipinski definition) is 3. The zero-order valence-corrected chi connectivity index (χ0v) is 14.6. The number of carbonyl (C=O) groups is 1. The summed E-state index contributed by atoms with van der Waals surface area (Å²) in [7, 11) is 0. The van der Waals surface area contributed by atoms with Gasteiger partial charge in [0, 0.05) is 13.1 Å². The zero-order valence-electron chi connectivity index (χ0n) is 14.6. The molecule has 1 N–H and O–H groups in total. The Hall–Kier alpha value is -1.03. The second kappa shape index (κ2) is 7.49. The summed E-state index contributed by atoms with van der Waals surface area (Å²) < 4.78 is 5.42. The van der Waals surface area contributed by atoms with E-state index in [1.807, 2.05) is 27.7 Å². The van der Waals surface area contributed by atoms with Gasteiger partial charge in [0.25, 0.3) is 0 Å². The second-order valence-electron chi connectivity index (χ2n) is 7.66. The minimum Gasteiger partial charge on any atom is -0.444 e. The number of amides is 1. The van der Waals surface area contributed by atoms with Crippen molar-refractivity contribution in [2.45, 2.75) is 52.6 Å². The van der Waals surface area contributed by atoms with Crippen LogP contribution >= 0.6 is 0 Å². The van der Waals surface area contributed by atoms with E-state index in [-0.39, 0.29) is 6.09 Å².